The number of hydrogen-bond donors (Lipinski definition) is 1. The topological polar surface area (TPSA) is 58.6 Å². The molecular weight excluding hydrogens is 408 g/mol. The second-order valence-corrected chi connectivity index (χ2v) is 9.05. The number of likely N-dealkylation sites (N-methyl/N-ethyl adjacent to an activating group) is 1. The first-order valence-corrected chi connectivity index (χ1v) is 10.9. The van der Waals surface area contributed by atoms with Gasteiger partial charge in [-0.15, -0.1) is 11.3 Å². The fraction of sp³-hybridized carbons (Fsp3) is 0.280. The SMILES string of the molecule is COc1ccc(-c2cc(C(=O)N(C)CC(=O)Nc3c(C)cc(C)cc3C)sc2C)cc1. The predicted octanol–water partition coefficient (Wildman–Crippen LogP) is 5.37. The van der Waals surface area contributed by atoms with Crippen molar-refractivity contribution < 1.29 is 14.3 Å². The Balaban J connectivity index is 1.71. The molecule has 0 aliphatic heterocycles. The lowest BCUT2D eigenvalue weighted by Gasteiger charge is -2.18. The van der Waals surface area contributed by atoms with Gasteiger partial charge in [0.1, 0.15) is 5.75 Å². The van der Waals surface area contributed by atoms with Gasteiger partial charge in [0.15, 0.2) is 0 Å². The molecule has 31 heavy (non-hydrogen) atoms. The number of ether oxygens (including phenoxy) is 1. The van der Waals surface area contributed by atoms with Crippen LogP contribution >= 0.6 is 11.3 Å². The summed E-state index contributed by atoms with van der Waals surface area (Å²) in [7, 11) is 3.29. The fourth-order valence-corrected chi connectivity index (χ4v) is 4.71. The largest absolute Gasteiger partial charge is 0.497 e. The summed E-state index contributed by atoms with van der Waals surface area (Å²) >= 11 is 1.44. The molecule has 5 nitrogen and oxygen atoms in total. The van der Waals surface area contributed by atoms with Gasteiger partial charge in [-0.3, -0.25) is 9.59 Å². The van der Waals surface area contributed by atoms with E-state index in [-0.39, 0.29) is 18.4 Å². The highest BCUT2D eigenvalue weighted by Crippen LogP contribution is 2.32. The third-order valence-corrected chi connectivity index (χ3v) is 6.24. The van der Waals surface area contributed by atoms with Crippen LogP contribution < -0.4 is 10.1 Å². The number of anilines is 1. The van der Waals surface area contributed by atoms with E-state index in [9.17, 15) is 9.59 Å². The van der Waals surface area contributed by atoms with Crippen molar-refractivity contribution in [2.24, 2.45) is 0 Å². The van der Waals surface area contributed by atoms with Gasteiger partial charge in [-0.25, -0.2) is 0 Å². The van der Waals surface area contributed by atoms with Gasteiger partial charge in [-0.2, -0.15) is 0 Å². The van der Waals surface area contributed by atoms with Crippen molar-refractivity contribution in [2.75, 3.05) is 26.0 Å². The molecule has 0 aliphatic carbocycles. The number of benzene rings is 2. The third kappa shape index (κ3) is 5.14. The highest BCUT2D eigenvalue weighted by Gasteiger charge is 2.20. The van der Waals surface area contributed by atoms with Crippen LogP contribution in [0.2, 0.25) is 0 Å². The summed E-state index contributed by atoms with van der Waals surface area (Å²) in [6, 6.07) is 13.7. The van der Waals surface area contributed by atoms with Gasteiger partial charge in [0.25, 0.3) is 5.91 Å². The number of aryl methyl sites for hydroxylation is 4. The summed E-state index contributed by atoms with van der Waals surface area (Å²) in [5, 5.41) is 2.95. The quantitative estimate of drug-likeness (QED) is 0.565. The maximum atomic E-state index is 12.9. The minimum absolute atomic E-state index is 0.0135. The number of thiophene rings is 1. The Morgan fingerprint density at radius 1 is 1.00 bits per heavy atom. The molecule has 0 unspecified atom stereocenters. The summed E-state index contributed by atoms with van der Waals surface area (Å²) < 4.78 is 5.21. The van der Waals surface area contributed by atoms with Gasteiger partial charge < -0.3 is 15.0 Å². The highest BCUT2D eigenvalue weighted by atomic mass is 32.1. The molecule has 0 atom stereocenters. The molecule has 2 aromatic carbocycles. The van der Waals surface area contributed by atoms with Crippen molar-refractivity contribution in [1.29, 1.82) is 0 Å². The zero-order valence-corrected chi connectivity index (χ0v) is 19.6. The molecule has 1 heterocycles. The summed E-state index contributed by atoms with van der Waals surface area (Å²) in [6.07, 6.45) is 0. The van der Waals surface area contributed by atoms with Gasteiger partial charge in [-0.1, -0.05) is 29.8 Å². The number of hydrogen-bond acceptors (Lipinski definition) is 4. The highest BCUT2D eigenvalue weighted by molar-refractivity contribution is 7.14. The normalized spacial score (nSPS) is 10.6. The Kier molecular flexibility index (Phi) is 6.81. The minimum Gasteiger partial charge on any atom is -0.497 e. The van der Waals surface area contributed by atoms with Crippen molar-refractivity contribution in [3.8, 4) is 16.9 Å². The van der Waals surface area contributed by atoms with Crippen LogP contribution in [-0.4, -0.2) is 37.4 Å². The Hall–Kier alpha value is -3.12. The van der Waals surface area contributed by atoms with Gasteiger partial charge in [0, 0.05) is 17.6 Å². The first kappa shape index (κ1) is 22.6. The Bertz CT molecular complexity index is 1090. The van der Waals surface area contributed by atoms with E-state index in [0.29, 0.717) is 4.88 Å². The van der Waals surface area contributed by atoms with E-state index in [1.165, 1.54) is 16.2 Å². The summed E-state index contributed by atoms with van der Waals surface area (Å²) in [5.41, 5.74) is 6.03. The summed E-state index contributed by atoms with van der Waals surface area (Å²) in [6.45, 7) is 7.96. The molecule has 1 N–H and O–H groups in total. The lowest BCUT2D eigenvalue weighted by atomic mass is 10.1. The van der Waals surface area contributed by atoms with Crippen molar-refractivity contribution in [2.45, 2.75) is 27.7 Å². The molecule has 162 valence electrons. The smallest absolute Gasteiger partial charge is 0.264 e. The molecule has 2 amide bonds. The van der Waals surface area contributed by atoms with Crippen LogP contribution in [0, 0.1) is 27.7 Å². The number of methoxy groups -OCH3 is 1. The molecular formula is C25H28N2O3S. The van der Waals surface area contributed by atoms with Gasteiger partial charge in [0.2, 0.25) is 5.91 Å². The van der Waals surface area contributed by atoms with Crippen LogP contribution in [0.5, 0.6) is 5.75 Å². The zero-order valence-electron chi connectivity index (χ0n) is 18.8. The van der Waals surface area contributed by atoms with Crippen LogP contribution in [0.1, 0.15) is 31.2 Å². The number of carbonyl (C=O) groups is 2. The molecule has 0 radical (unpaired) electrons. The third-order valence-electron chi connectivity index (χ3n) is 5.20. The van der Waals surface area contributed by atoms with Gasteiger partial charge >= 0.3 is 0 Å². The lowest BCUT2D eigenvalue weighted by Crippen LogP contribution is -2.34. The van der Waals surface area contributed by atoms with Crippen LogP contribution in [0.25, 0.3) is 11.1 Å². The van der Waals surface area contributed by atoms with Gasteiger partial charge in [0.05, 0.1) is 18.5 Å². The maximum absolute atomic E-state index is 12.9. The number of nitrogens with one attached hydrogen (secondary N) is 1. The molecule has 3 rings (SSSR count). The number of carbonyl (C=O) groups excluding carboxylic acids is 2. The Morgan fingerprint density at radius 3 is 2.19 bits per heavy atom. The average Bonchev–Trinajstić information content (AvgIpc) is 3.11. The fourth-order valence-electron chi connectivity index (χ4n) is 3.68. The zero-order chi connectivity index (χ0) is 22.7. The van der Waals surface area contributed by atoms with E-state index in [0.717, 1.165) is 44.1 Å². The number of amides is 2. The standard InChI is InChI=1S/C25H28N2O3S/c1-15-11-16(2)24(17(3)12-15)26-23(28)14-27(5)25(29)22-13-21(18(4)31-22)19-7-9-20(30-6)10-8-19/h7-13H,14H2,1-6H3,(H,26,28). The molecule has 0 bridgehead atoms. The minimum atomic E-state index is -0.213. The van der Waals surface area contributed by atoms with E-state index in [4.69, 9.17) is 4.74 Å². The van der Waals surface area contributed by atoms with Crippen molar-refractivity contribution >= 4 is 28.8 Å². The molecule has 0 saturated carbocycles. The first-order chi connectivity index (χ1) is 14.7. The molecule has 0 spiro atoms. The number of rotatable bonds is 6. The van der Waals surface area contributed by atoms with Crippen LogP contribution in [-0.2, 0) is 4.79 Å². The summed E-state index contributed by atoms with van der Waals surface area (Å²) in [5.74, 6) is 0.410. The molecule has 3 aromatic rings. The molecule has 0 fully saturated rings. The van der Waals surface area contributed by atoms with E-state index >= 15 is 0 Å². The predicted molar refractivity (Wildman–Crippen MR) is 127 cm³/mol. The summed E-state index contributed by atoms with van der Waals surface area (Å²) in [4.78, 5) is 28.7. The monoisotopic (exact) mass is 436 g/mol. The lowest BCUT2D eigenvalue weighted by molar-refractivity contribution is -0.116. The molecule has 0 saturated heterocycles. The van der Waals surface area contributed by atoms with E-state index in [1.54, 1.807) is 14.2 Å². The maximum Gasteiger partial charge on any atom is 0.264 e. The van der Waals surface area contributed by atoms with Crippen molar-refractivity contribution in [1.82, 2.24) is 4.90 Å². The van der Waals surface area contributed by atoms with Crippen molar-refractivity contribution in [3.05, 3.63) is 68.9 Å². The van der Waals surface area contributed by atoms with Crippen molar-refractivity contribution in [3.63, 3.8) is 0 Å². The Morgan fingerprint density at radius 2 is 1.61 bits per heavy atom. The van der Waals surface area contributed by atoms with Crippen LogP contribution in [0.4, 0.5) is 5.69 Å². The van der Waals surface area contributed by atoms with E-state index < -0.39 is 0 Å². The second kappa shape index (κ2) is 9.35. The van der Waals surface area contributed by atoms with E-state index in [1.807, 2.05) is 70.2 Å². The molecule has 1 aromatic heterocycles. The van der Waals surface area contributed by atoms with E-state index in [2.05, 4.69) is 5.32 Å². The first-order valence-electron chi connectivity index (χ1n) is 10.1. The Labute approximate surface area is 187 Å². The molecule has 0 aliphatic rings. The average molecular weight is 437 g/mol. The second-order valence-electron chi connectivity index (χ2n) is 7.79. The number of nitrogens with zero attached hydrogens (tertiary/aromatic N) is 1. The van der Waals surface area contributed by atoms with Gasteiger partial charge in [-0.05, 0) is 68.1 Å². The van der Waals surface area contributed by atoms with Crippen LogP contribution in [0.15, 0.2) is 42.5 Å². The molecule has 6 heteroatoms. The van der Waals surface area contributed by atoms with Crippen LogP contribution in [0.3, 0.4) is 0 Å².